The van der Waals surface area contributed by atoms with Crippen molar-refractivity contribution < 1.29 is 0 Å². The maximum atomic E-state index is 4.43. The molecule has 0 atom stereocenters. The van der Waals surface area contributed by atoms with Gasteiger partial charge in [-0.1, -0.05) is 18.2 Å². The van der Waals surface area contributed by atoms with Crippen LogP contribution in [0.25, 0.3) is 32.7 Å². The molecule has 4 heteroatoms. The van der Waals surface area contributed by atoms with E-state index in [0.717, 1.165) is 32.7 Å². The van der Waals surface area contributed by atoms with Gasteiger partial charge in [0.2, 0.25) is 0 Å². The summed E-state index contributed by atoms with van der Waals surface area (Å²) in [6.07, 6.45) is 5.43. The van der Waals surface area contributed by atoms with E-state index >= 15 is 0 Å². The topological polar surface area (TPSA) is 54.5 Å². The van der Waals surface area contributed by atoms with Crippen LogP contribution >= 0.6 is 0 Å². The van der Waals surface area contributed by atoms with Gasteiger partial charge in [-0.25, -0.2) is 0 Å². The third-order valence-corrected chi connectivity index (χ3v) is 3.02. The SMILES string of the molecule is c1ccc2c(c1)ncc1cnc3cn[nH]c3c12. The molecule has 0 amide bonds. The van der Waals surface area contributed by atoms with Gasteiger partial charge < -0.3 is 0 Å². The van der Waals surface area contributed by atoms with E-state index in [9.17, 15) is 0 Å². The van der Waals surface area contributed by atoms with Crippen molar-refractivity contribution in [1.29, 1.82) is 0 Å². The van der Waals surface area contributed by atoms with Crippen LogP contribution in [-0.4, -0.2) is 20.2 Å². The van der Waals surface area contributed by atoms with Crippen molar-refractivity contribution in [3.63, 3.8) is 0 Å². The van der Waals surface area contributed by atoms with E-state index in [1.807, 2.05) is 30.6 Å². The summed E-state index contributed by atoms with van der Waals surface area (Å²) in [7, 11) is 0. The van der Waals surface area contributed by atoms with Gasteiger partial charge in [0, 0.05) is 28.6 Å². The molecule has 0 fully saturated rings. The second-order valence-corrected chi connectivity index (χ2v) is 3.99. The van der Waals surface area contributed by atoms with Crippen molar-refractivity contribution in [3.05, 3.63) is 42.9 Å². The van der Waals surface area contributed by atoms with Crippen LogP contribution < -0.4 is 0 Å². The Balaban J connectivity index is 2.41. The molecular weight excluding hydrogens is 212 g/mol. The molecule has 0 aliphatic carbocycles. The van der Waals surface area contributed by atoms with Crippen molar-refractivity contribution in [2.45, 2.75) is 0 Å². The fraction of sp³-hybridized carbons (Fsp3) is 0. The summed E-state index contributed by atoms with van der Waals surface area (Å²) in [5.41, 5.74) is 2.84. The molecule has 0 aliphatic rings. The molecule has 80 valence electrons. The summed E-state index contributed by atoms with van der Waals surface area (Å²) in [5, 5.41) is 10.4. The minimum absolute atomic E-state index is 0.883. The second kappa shape index (κ2) is 3.01. The molecule has 0 unspecified atom stereocenters. The van der Waals surface area contributed by atoms with Crippen LogP contribution in [0.3, 0.4) is 0 Å². The first kappa shape index (κ1) is 8.64. The molecule has 0 aliphatic heterocycles. The van der Waals surface area contributed by atoms with Gasteiger partial charge in [-0.15, -0.1) is 0 Å². The Labute approximate surface area is 96.3 Å². The van der Waals surface area contributed by atoms with Crippen molar-refractivity contribution in [2.24, 2.45) is 0 Å². The van der Waals surface area contributed by atoms with Gasteiger partial charge in [0.1, 0.15) is 5.52 Å². The summed E-state index contributed by atoms with van der Waals surface area (Å²) in [6, 6.07) is 8.10. The number of hydrogen-bond acceptors (Lipinski definition) is 3. The molecule has 4 nitrogen and oxygen atoms in total. The van der Waals surface area contributed by atoms with E-state index in [1.54, 1.807) is 6.20 Å². The van der Waals surface area contributed by atoms with Crippen molar-refractivity contribution in [2.75, 3.05) is 0 Å². The van der Waals surface area contributed by atoms with E-state index in [2.05, 4.69) is 26.2 Å². The minimum Gasteiger partial charge on any atom is -0.276 e. The molecule has 4 rings (SSSR count). The standard InChI is InChI=1S/C13H8N4/c1-2-4-10-9(3-1)12-8(5-14-10)6-15-11-7-16-17-13(11)12/h1-7H,(H,16,17). The molecule has 3 heterocycles. The first-order chi connectivity index (χ1) is 8.43. The molecule has 0 saturated heterocycles. The van der Waals surface area contributed by atoms with Gasteiger partial charge in [-0.05, 0) is 6.07 Å². The molecule has 0 bridgehead atoms. The zero-order chi connectivity index (χ0) is 11.2. The Morgan fingerprint density at radius 1 is 0.882 bits per heavy atom. The number of aromatic amines is 1. The third-order valence-electron chi connectivity index (χ3n) is 3.02. The van der Waals surface area contributed by atoms with E-state index in [1.165, 1.54) is 0 Å². The number of hydrogen-bond donors (Lipinski definition) is 1. The Morgan fingerprint density at radius 3 is 2.65 bits per heavy atom. The highest BCUT2D eigenvalue weighted by atomic mass is 15.1. The van der Waals surface area contributed by atoms with Crippen LogP contribution in [0.1, 0.15) is 0 Å². The first-order valence-corrected chi connectivity index (χ1v) is 5.39. The summed E-state index contributed by atoms with van der Waals surface area (Å²) < 4.78 is 0. The van der Waals surface area contributed by atoms with E-state index < -0.39 is 0 Å². The van der Waals surface area contributed by atoms with E-state index in [0.29, 0.717) is 0 Å². The van der Waals surface area contributed by atoms with E-state index in [4.69, 9.17) is 0 Å². The van der Waals surface area contributed by atoms with Gasteiger partial charge in [0.15, 0.2) is 0 Å². The molecule has 3 aromatic heterocycles. The largest absolute Gasteiger partial charge is 0.276 e. The minimum atomic E-state index is 0.883. The molecule has 4 aromatic rings. The lowest BCUT2D eigenvalue weighted by molar-refractivity contribution is 1.12. The quantitative estimate of drug-likeness (QED) is 0.463. The predicted octanol–water partition coefficient (Wildman–Crippen LogP) is 2.66. The number of fused-ring (bicyclic) bond motifs is 5. The maximum Gasteiger partial charge on any atom is 0.109 e. The van der Waals surface area contributed by atoms with Crippen LogP contribution in [0, 0.1) is 0 Å². The summed E-state index contributed by atoms with van der Waals surface area (Å²) in [6.45, 7) is 0. The average molecular weight is 220 g/mol. The number of nitrogens with zero attached hydrogens (tertiary/aromatic N) is 3. The van der Waals surface area contributed by atoms with Gasteiger partial charge in [-0.3, -0.25) is 15.1 Å². The smallest absolute Gasteiger partial charge is 0.109 e. The summed E-state index contributed by atoms with van der Waals surface area (Å²) in [4.78, 5) is 8.77. The number of aromatic nitrogens is 4. The number of H-pyrrole nitrogens is 1. The average Bonchev–Trinajstić information content (AvgIpc) is 2.86. The van der Waals surface area contributed by atoms with Crippen LogP contribution in [0.2, 0.25) is 0 Å². The Hall–Kier alpha value is -2.49. The Morgan fingerprint density at radius 2 is 1.71 bits per heavy atom. The zero-order valence-electron chi connectivity index (χ0n) is 8.88. The number of para-hydroxylation sites is 1. The van der Waals surface area contributed by atoms with Gasteiger partial charge in [-0.2, -0.15) is 5.10 Å². The molecule has 1 N–H and O–H groups in total. The monoisotopic (exact) mass is 220 g/mol. The van der Waals surface area contributed by atoms with Crippen molar-refractivity contribution in [3.8, 4) is 0 Å². The molecule has 0 radical (unpaired) electrons. The van der Waals surface area contributed by atoms with E-state index in [-0.39, 0.29) is 0 Å². The number of rotatable bonds is 0. The van der Waals surface area contributed by atoms with Crippen LogP contribution in [0.15, 0.2) is 42.9 Å². The fourth-order valence-corrected chi connectivity index (χ4v) is 2.23. The Bertz CT molecular complexity index is 848. The first-order valence-electron chi connectivity index (χ1n) is 5.39. The number of pyridine rings is 2. The number of nitrogens with one attached hydrogen (secondary N) is 1. The molecule has 0 saturated carbocycles. The summed E-state index contributed by atoms with van der Waals surface area (Å²) >= 11 is 0. The highest BCUT2D eigenvalue weighted by Crippen LogP contribution is 2.27. The molecule has 17 heavy (non-hydrogen) atoms. The maximum absolute atomic E-state index is 4.43. The highest BCUT2D eigenvalue weighted by molar-refractivity contribution is 6.16. The highest BCUT2D eigenvalue weighted by Gasteiger charge is 2.07. The Kier molecular flexibility index (Phi) is 1.53. The molecule has 1 aromatic carbocycles. The van der Waals surface area contributed by atoms with Crippen LogP contribution in [0.4, 0.5) is 0 Å². The lowest BCUT2D eigenvalue weighted by Crippen LogP contribution is -1.85. The normalized spacial score (nSPS) is 11.5. The van der Waals surface area contributed by atoms with Crippen LogP contribution in [-0.2, 0) is 0 Å². The van der Waals surface area contributed by atoms with Gasteiger partial charge >= 0.3 is 0 Å². The fourth-order valence-electron chi connectivity index (χ4n) is 2.23. The van der Waals surface area contributed by atoms with Crippen LogP contribution in [0.5, 0.6) is 0 Å². The third kappa shape index (κ3) is 1.09. The molecule has 0 spiro atoms. The van der Waals surface area contributed by atoms with Gasteiger partial charge in [0.05, 0.1) is 17.2 Å². The van der Waals surface area contributed by atoms with Crippen molar-refractivity contribution >= 4 is 32.7 Å². The lowest BCUT2D eigenvalue weighted by Gasteiger charge is -2.03. The lowest BCUT2D eigenvalue weighted by atomic mass is 10.1. The second-order valence-electron chi connectivity index (χ2n) is 3.99. The predicted molar refractivity (Wildman–Crippen MR) is 66.7 cm³/mol. The van der Waals surface area contributed by atoms with Crippen molar-refractivity contribution in [1.82, 2.24) is 20.2 Å². The van der Waals surface area contributed by atoms with Gasteiger partial charge in [0.25, 0.3) is 0 Å². The zero-order valence-corrected chi connectivity index (χ0v) is 8.88. The molecular formula is C13H8N4. The number of benzene rings is 1. The summed E-state index contributed by atoms with van der Waals surface area (Å²) in [5.74, 6) is 0.